The van der Waals surface area contributed by atoms with E-state index in [0.717, 1.165) is 11.3 Å². The van der Waals surface area contributed by atoms with Crippen molar-refractivity contribution < 1.29 is 9.53 Å². The van der Waals surface area contributed by atoms with Crippen molar-refractivity contribution in [2.45, 2.75) is 0 Å². The molecule has 0 aliphatic carbocycles. The minimum Gasteiger partial charge on any atom is -0.457 e. The molecule has 1 N–H and O–H groups in total. The fraction of sp³-hybridized carbons (Fsp3) is 0. The van der Waals surface area contributed by atoms with E-state index in [1.165, 1.54) is 0 Å². The van der Waals surface area contributed by atoms with Crippen molar-refractivity contribution in [2.75, 3.05) is 5.32 Å². The van der Waals surface area contributed by atoms with Crippen LogP contribution in [0.4, 0.5) is 5.69 Å². The molecule has 0 unspecified atom stereocenters. The Balaban J connectivity index is 1.63. The van der Waals surface area contributed by atoms with E-state index in [1.807, 2.05) is 60.7 Å². The molecule has 1 amide bonds. The average molecular weight is 350 g/mol. The normalized spacial score (nSPS) is 11.0. The molecule has 0 aliphatic heterocycles. The fourth-order valence-corrected chi connectivity index (χ4v) is 2.36. The van der Waals surface area contributed by atoms with Crippen molar-refractivity contribution >= 4 is 29.3 Å². The number of nitrogens with one attached hydrogen (secondary N) is 1. The highest BCUT2D eigenvalue weighted by atomic mass is 35.5. The maximum Gasteiger partial charge on any atom is 0.267 e. The van der Waals surface area contributed by atoms with Crippen molar-refractivity contribution in [1.82, 2.24) is 0 Å². The second kappa shape index (κ2) is 8.18. The Hall–Kier alpha value is -3.04. The molecule has 4 heteroatoms. The zero-order valence-electron chi connectivity index (χ0n) is 13.4. The van der Waals surface area contributed by atoms with Gasteiger partial charge < -0.3 is 10.1 Å². The predicted octanol–water partition coefficient (Wildman–Crippen LogP) is 5.70. The van der Waals surface area contributed by atoms with Gasteiger partial charge in [-0.25, -0.2) is 0 Å². The van der Waals surface area contributed by atoms with Gasteiger partial charge in [0.1, 0.15) is 16.5 Å². The number of rotatable bonds is 5. The summed E-state index contributed by atoms with van der Waals surface area (Å²) >= 11 is 6.08. The summed E-state index contributed by atoms with van der Waals surface area (Å²) in [5, 5.41) is 2.88. The van der Waals surface area contributed by atoms with Gasteiger partial charge in [-0.2, -0.15) is 0 Å². The van der Waals surface area contributed by atoms with Crippen LogP contribution in [0.2, 0.25) is 0 Å². The molecule has 0 fully saturated rings. The molecule has 0 atom stereocenters. The summed E-state index contributed by atoms with van der Waals surface area (Å²) in [5.74, 6) is 1.09. The molecule has 0 heterocycles. The first-order valence-corrected chi connectivity index (χ1v) is 8.15. The smallest absolute Gasteiger partial charge is 0.267 e. The number of carbonyl (C=O) groups is 1. The zero-order valence-corrected chi connectivity index (χ0v) is 14.1. The molecule has 3 nitrogen and oxygen atoms in total. The van der Waals surface area contributed by atoms with Crippen molar-refractivity contribution in [2.24, 2.45) is 0 Å². The van der Waals surface area contributed by atoms with Gasteiger partial charge in [-0.15, -0.1) is 0 Å². The van der Waals surface area contributed by atoms with Crippen LogP contribution in [-0.2, 0) is 4.79 Å². The number of amides is 1. The lowest BCUT2D eigenvalue weighted by Crippen LogP contribution is -2.11. The lowest BCUT2D eigenvalue weighted by molar-refractivity contribution is -0.112. The molecule has 25 heavy (non-hydrogen) atoms. The van der Waals surface area contributed by atoms with Gasteiger partial charge in [0, 0.05) is 5.69 Å². The second-order valence-corrected chi connectivity index (χ2v) is 5.70. The van der Waals surface area contributed by atoms with Gasteiger partial charge in [0.2, 0.25) is 0 Å². The standard InChI is InChI=1S/C21H16ClNO2/c22-20(15-16-7-3-1-4-8-16)21(24)23-17-11-13-19(14-12-17)25-18-9-5-2-6-10-18/h1-15H,(H,23,24)/b20-15-. The van der Waals surface area contributed by atoms with Crippen LogP contribution < -0.4 is 10.1 Å². The summed E-state index contributed by atoms with van der Waals surface area (Å²) in [6.45, 7) is 0. The van der Waals surface area contributed by atoms with E-state index in [-0.39, 0.29) is 10.9 Å². The summed E-state index contributed by atoms with van der Waals surface area (Å²) in [4.78, 5) is 12.2. The van der Waals surface area contributed by atoms with Crippen LogP contribution in [0.25, 0.3) is 6.08 Å². The lowest BCUT2D eigenvalue weighted by atomic mass is 10.2. The lowest BCUT2D eigenvalue weighted by Gasteiger charge is -2.08. The van der Waals surface area contributed by atoms with E-state index < -0.39 is 0 Å². The molecule has 0 saturated heterocycles. The number of carbonyl (C=O) groups excluding carboxylic acids is 1. The largest absolute Gasteiger partial charge is 0.457 e. The van der Waals surface area contributed by atoms with Crippen molar-refractivity contribution in [3.05, 3.63) is 95.5 Å². The third kappa shape index (κ3) is 4.96. The summed E-state index contributed by atoms with van der Waals surface area (Å²) in [7, 11) is 0. The quantitative estimate of drug-likeness (QED) is 0.600. The molecule has 124 valence electrons. The first-order chi connectivity index (χ1) is 12.2. The highest BCUT2D eigenvalue weighted by molar-refractivity contribution is 6.45. The molecular formula is C21H16ClNO2. The van der Waals surface area contributed by atoms with Gasteiger partial charge in [-0.3, -0.25) is 4.79 Å². The van der Waals surface area contributed by atoms with Crippen molar-refractivity contribution in [1.29, 1.82) is 0 Å². The van der Waals surface area contributed by atoms with Gasteiger partial charge in [0.25, 0.3) is 5.91 Å². The molecule has 3 aromatic rings. The Morgan fingerprint density at radius 2 is 1.36 bits per heavy atom. The summed E-state index contributed by atoms with van der Waals surface area (Å²) in [5.41, 5.74) is 1.51. The van der Waals surface area contributed by atoms with Crippen LogP contribution in [0.15, 0.2) is 90.0 Å². The van der Waals surface area contributed by atoms with E-state index in [2.05, 4.69) is 5.32 Å². The molecule has 3 rings (SSSR count). The number of halogens is 1. The monoisotopic (exact) mass is 349 g/mol. The Morgan fingerprint density at radius 3 is 2.00 bits per heavy atom. The summed E-state index contributed by atoms with van der Waals surface area (Å²) in [6, 6.07) is 26.1. The Morgan fingerprint density at radius 1 is 0.800 bits per heavy atom. The third-order valence-corrected chi connectivity index (χ3v) is 3.68. The van der Waals surface area contributed by atoms with Crippen molar-refractivity contribution in [3.63, 3.8) is 0 Å². The third-order valence-electron chi connectivity index (χ3n) is 3.40. The van der Waals surface area contributed by atoms with Crippen LogP contribution in [0.5, 0.6) is 11.5 Å². The van der Waals surface area contributed by atoms with E-state index in [1.54, 1.807) is 30.3 Å². The van der Waals surface area contributed by atoms with E-state index in [0.29, 0.717) is 11.4 Å². The molecule has 0 spiro atoms. The van der Waals surface area contributed by atoms with Crippen LogP contribution in [-0.4, -0.2) is 5.91 Å². The van der Waals surface area contributed by atoms with Crippen LogP contribution in [0.1, 0.15) is 5.56 Å². The molecule has 0 aromatic heterocycles. The molecular weight excluding hydrogens is 334 g/mol. The van der Waals surface area contributed by atoms with Gasteiger partial charge in [-0.05, 0) is 48.0 Å². The minimum absolute atomic E-state index is 0.121. The van der Waals surface area contributed by atoms with E-state index in [9.17, 15) is 4.79 Å². The molecule has 0 radical (unpaired) electrons. The average Bonchev–Trinajstić information content (AvgIpc) is 2.65. The summed E-state index contributed by atoms with van der Waals surface area (Å²) in [6.07, 6.45) is 1.63. The molecule has 3 aromatic carbocycles. The predicted molar refractivity (Wildman–Crippen MR) is 102 cm³/mol. The van der Waals surface area contributed by atoms with Crippen LogP contribution in [0.3, 0.4) is 0 Å². The van der Waals surface area contributed by atoms with Crippen molar-refractivity contribution in [3.8, 4) is 11.5 Å². The van der Waals surface area contributed by atoms with Gasteiger partial charge in [-0.1, -0.05) is 60.1 Å². The van der Waals surface area contributed by atoms with Crippen LogP contribution >= 0.6 is 11.6 Å². The maximum atomic E-state index is 12.2. The summed E-state index contributed by atoms with van der Waals surface area (Å²) < 4.78 is 5.71. The topological polar surface area (TPSA) is 38.3 Å². The number of ether oxygens (including phenoxy) is 1. The van der Waals surface area contributed by atoms with Gasteiger partial charge >= 0.3 is 0 Å². The highest BCUT2D eigenvalue weighted by Crippen LogP contribution is 2.23. The maximum absolute atomic E-state index is 12.2. The first kappa shape index (κ1) is 16.8. The van der Waals surface area contributed by atoms with E-state index in [4.69, 9.17) is 16.3 Å². The number of para-hydroxylation sites is 1. The van der Waals surface area contributed by atoms with E-state index >= 15 is 0 Å². The zero-order chi connectivity index (χ0) is 17.5. The second-order valence-electron chi connectivity index (χ2n) is 5.30. The minimum atomic E-state index is -0.359. The van der Waals surface area contributed by atoms with Gasteiger partial charge in [0.05, 0.1) is 0 Å². The number of hydrogen-bond acceptors (Lipinski definition) is 2. The fourth-order valence-electron chi connectivity index (χ4n) is 2.18. The Labute approximate surface area is 151 Å². The SMILES string of the molecule is O=C(Nc1ccc(Oc2ccccc2)cc1)/C(Cl)=C/c1ccccc1. The molecule has 0 bridgehead atoms. The van der Waals surface area contributed by atoms with Crippen LogP contribution in [0, 0.1) is 0 Å². The first-order valence-electron chi connectivity index (χ1n) is 7.77. The Bertz CT molecular complexity index is 859. The molecule has 0 saturated carbocycles. The highest BCUT2D eigenvalue weighted by Gasteiger charge is 2.07. The number of hydrogen-bond donors (Lipinski definition) is 1. The van der Waals surface area contributed by atoms with Gasteiger partial charge in [0.15, 0.2) is 0 Å². The number of benzene rings is 3. The molecule has 0 aliphatic rings. The Kier molecular flexibility index (Phi) is 5.50. The number of anilines is 1.